The minimum absolute atomic E-state index is 0.0789. The van der Waals surface area contributed by atoms with E-state index in [0.717, 1.165) is 9.80 Å². The van der Waals surface area contributed by atoms with Gasteiger partial charge in [0.2, 0.25) is 0 Å². The van der Waals surface area contributed by atoms with Crippen LogP contribution in [0, 0.1) is 0 Å². The van der Waals surface area contributed by atoms with Crippen molar-refractivity contribution in [1.82, 2.24) is 19.9 Å². The smallest absolute Gasteiger partial charge is 0.290 e. The van der Waals surface area contributed by atoms with E-state index in [0.29, 0.717) is 23.0 Å². The molecule has 0 spiro atoms. The fourth-order valence-corrected chi connectivity index (χ4v) is 4.35. The number of piperidine rings is 2. The molecule has 4 bridgehead atoms. The van der Waals surface area contributed by atoms with Gasteiger partial charge >= 0.3 is 32.9 Å². The molecule has 0 saturated carbocycles. The molecule has 0 unspecified atom stereocenters. The van der Waals surface area contributed by atoms with Crippen LogP contribution in [0.2, 0.25) is 0 Å². The van der Waals surface area contributed by atoms with E-state index in [-0.39, 0.29) is 25.9 Å². The molecule has 0 aromatic heterocycles. The van der Waals surface area contributed by atoms with Crippen LogP contribution in [0.5, 0.6) is 0 Å². The normalized spacial score (nSPS) is 31.2. The molecule has 4 aliphatic rings. The van der Waals surface area contributed by atoms with Crippen LogP contribution in [0.3, 0.4) is 0 Å². The Kier molecular flexibility index (Phi) is 6.09. The van der Waals surface area contributed by atoms with E-state index in [4.69, 9.17) is 9.11 Å². The Hall–Kier alpha value is -1.86. The van der Waals surface area contributed by atoms with E-state index in [1.54, 1.807) is 0 Å². The maximum atomic E-state index is 13.1. The molecule has 172 valence electrons. The summed E-state index contributed by atoms with van der Waals surface area (Å²) in [5.41, 5.74) is 0. The molecule has 0 radical (unpaired) electrons. The van der Waals surface area contributed by atoms with Crippen LogP contribution < -0.4 is 0 Å². The topological polar surface area (TPSA) is 174 Å². The van der Waals surface area contributed by atoms with Crippen LogP contribution in [0.25, 0.3) is 0 Å². The predicted octanol–water partition coefficient (Wildman–Crippen LogP) is -0.167. The minimum atomic E-state index is -4.74. The third-order valence-corrected chi connectivity index (χ3v) is 5.55. The number of hydrogen-bond acceptors (Lipinski definition) is 8. The number of halogens is 2. The molecule has 0 aliphatic carbocycles. The van der Waals surface area contributed by atoms with Crippen molar-refractivity contribution in [3.8, 4) is 0 Å². The quantitative estimate of drug-likeness (QED) is 0.406. The van der Waals surface area contributed by atoms with Gasteiger partial charge in [-0.25, -0.2) is 18.4 Å². The first-order valence-electron chi connectivity index (χ1n) is 8.58. The van der Waals surface area contributed by atoms with Crippen LogP contribution in [0.4, 0.5) is 18.4 Å². The lowest BCUT2D eigenvalue weighted by Crippen LogP contribution is -2.37. The Labute approximate surface area is 169 Å². The zero-order chi connectivity index (χ0) is 22.4. The van der Waals surface area contributed by atoms with Crippen molar-refractivity contribution in [1.29, 1.82) is 0 Å². The van der Waals surface area contributed by atoms with Crippen LogP contribution in [0.1, 0.15) is 25.7 Å². The summed E-state index contributed by atoms with van der Waals surface area (Å²) in [5.74, 6) is 0. The summed E-state index contributed by atoms with van der Waals surface area (Å²) in [4.78, 5) is 24.5. The summed E-state index contributed by atoms with van der Waals surface area (Å²) >= 11 is 0. The minimum Gasteiger partial charge on any atom is -0.290 e. The van der Waals surface area contributed by atoms with E-state index in [1.807, 2.05) is 0 Å². The lowest BCUT2D eigenvalue weighted by molar-refractivity contribution is -0.0320. The van der Waals surface area contributed by atoms with Gasteiger partial charge in [-0.3, -0.25) is 18.9 Å². The summed E-state index contributed by atoms with van der Waals surface area (Å²) < 4.78 is 93.0. The highest BCUT2D eigenvalue weighted by atomic mass is 32.3. The number of rotatable bonds is 4. The third kappa shape index (κ3) is 4.89. The molecule has 4 atom stereocenters. The van der Waals surface area contributed by atoms with Gasteiger partial charge in [0.05, 0.1) is 12.1 Å². The van der Waals surface area contributed by atoms with E-state index < -0.39 is 57.5 Å². The molecule has 4 aliphatic heterocycles. The Balaban J connectivity index is 0.000000171. The average molecular weight is 480 g/mol. The number of carbonyl (C=O) groups is 2. The highest BCUT2D eigenvalue weighted by Gasteiger charge is 2.48. The van der Waals surface area contributed by atoms with E-state index in [9.17, 15) is 35.2 Å². The first-order chi connectivity index (χ1) is 13.8. The lowest BCUT2D eigenvalue weighted by atomic mass is 10.1. The second-order valence-electron chi connectivity index (χ2n) is 6.86. The second kappa shape index (κ2) is 8.00. The molecular formula is C12H18F2N4O10S2. The number of hydrogen-bond donors (Lipinski definition) is 2. The van der Waals surface area contributed by atoms with Gasteiger partial charge in [-0.2, -0.15) is 27.0 Å². The van der Waals surface area contributed by atoms with Crippen LogP contribution >= 0.6 is 0 Å². The molecule has 14 nitrogen and oxygen atoms in total. The molecule has 4 fully saturated rings. The first-order valence-corrected chi connectivity index (χ1v) is 11.3. The van der Waals surface area contributed by atoms with Crippen molar-refractivity contribution in [2.75, 3.05) is 13.1 Å². The molecule has 2 N–H and O–H groups in total. The van der Waals surface area contributed by atoms with Gasteiger partial charge < -0.3 is 0 Å². The number of carbonyl (C=O) groups excluding carboxylic acids is 2. The SMILES string of the molecule is O=C1N2C[C@@H](CC[C@H]2F)N1OS(=O)(=O)O.O=C1N2C[C@@H](CC[C@H]2F)N1OS(=O)(=O)O. The molecule has 18 heteroatoms. The Morgan fingerprint density at radius 2 is 1.07 bits per heavy atom. The average Bonchev–Trinajstić information content (AvgIpc) is 3.01. The van der Waals surface area contributed by atoms with Gasteiger partial charge in [0.1, 0.15) is 0 Å². The van der Waals surface area contributed by atoms with Gasteiger partial charge in [0, 0.05) is 13.1 Å². The summed E-state index contributed by atoms with van der Waals surface area (Å²) in [7, 11) is -9.48. The summed E-state index contributed by atoms with van der Waals surface area (Å²) in [6.45, 7) is 0.158. The monoisotopic (exact) mass is 480 g/mol. The fraction of sp³-hybridized carbons (Fsp3) is 0.833. The predicted molar refractivity (Wildman–Crippen MR) is 89.0 cm³/mol. The fourth-order valence-electron chi connectivity index (χ4n) is 3.57. The van der Waals surface area contributed by atoms with E-state index in [2.05, 4.69) is 8.57 Å². The lowest BCUT2D eigenvalue weighted by Gasteiger charge is -2.23. The molecule has 0 aromatic rings. The maximum Gasteiger partial charge on any atom is 0.418 e. The number of alkyl halides is 2. The molecular weight excluding hydrogens is 462 g/mol. The maximum absolute atomic E-state index is 13.1. The van der Waals surface area contributed by atoms with Crippen molar-refractivity contribution < 1.29 is 52.9 Å². The summed E-state index contributed by atoms with van der Waals surface area (Å²) in [5, 5.41) is 1.02. The highest BCUT2D eigenvalue weighted by Crippen LogP contribution is 2.31. The van der Waals surface area contributed by atoms with Gasteiger partial charge in [0.25, 0.3) is 0 Å². The van der Waals surface area contributed by atoms with Crippen molar-refractivity contribution in [3.05, 3.63) is 0 Å². The zero-order valence-electron chi connectivity index (χ0n) is 15.1. The van der Waals surface area contributed by atoms with Crippen molar-refractivity contribution >= 4 is 32.9 Å². The molecule has 0 aromatic carbocycles. The number of hydroxylamine groups is 4. The Morgan fingerprint density at radius 1 is 0.733 bits per heavy atom. The van der Waals surface area contributed by atoms with Gasteiger partial charge in [-0.1, -0.05) is 0 Å². The highest BCUT2D eigenvalue weighted by molar-refractivity contribution is 7.81. The number of amides is 4. The van der Waals surface area contributed by atoms with Crippen LogP contribution in [-0.4, -0.2) is 95.7 Å². The van der Waals surface area contributed by atoms with Gasteiger partial charge in [-0.05, 0) is 25.7 Å². The molecule has 4 rings (SSSR count). The number of nitrogens with zero attached hydrogens (tertiary/aromatic N) is 4. The van der Waals surface area contributed by atoms with Crippen LogP contribution in [0.15, 0.2) is 0 Å². The van der Waals surface area contributed by atoms with Crippen molar-refractivity contribution in [2.24, 2.45) is 0 Å². The number of fused-ring (bicyclic) bond motifs is 4. The largest absolute Gasteiger partial charge is 0.418 e. The van der Waals surface area contributed by atoms with Gasteiger partial charge in [0.15, 0.2) is 12.6 Å². The third-order valence-electron chi connectivity index (χ3n) is 4.85. The second-order valence-corrected chi connectivity index (χ2v) is 8.87. The Morgan fingerprint density at radius 3 is 1.33 bits per heavy atom. The van der Waals surface area contributed by atoms with E-state index in [1.165, 1.54) is 0 Å². The molecule has 4 amide bonds. The molecule has 30 heavy (non-hydrogen) atoms. The molecule has 4 heterocycles. The summed E-state index contributed by atoms with van der Waals surface area (Å²) in [6.07, 6.45) is -1.94. The molecule has 4 saturated heterocycles. The summed E-state index contributed by atoms with van der Waals surface area (Å²) in [6, 6.07) is -2.79. The number of urea groups is 2. The van der Waals surface area contributed by atoms with Crippen molar-refractivity contribution in [3.63, 3.8) is 0 Å². The van der Waals surface area contributed by atoms with Crippen molar-refractivity contribution in [2.45, 2.75) is 50.4 Å². The standard InChI is InChI=1S/2C6H9FN2O5S/c2*7-5-2-1-4-3-8(5)6(10)9(4)14-15(11,12)13/h2*4-5H,1-3H2,(H,11,12,13)/t2*4-,5+/m11/s1. The van der Waals surface area contributed by atoms with Gasteiger partial charge in [-0.15, -0.1) is 8.57 Å². The Bertz CT molecular complexity index is 844. The first kappa shape index (κ1) is 22.8. The van der Waals surface area contributed by atoms with E-state index >= 15 is 0 Å². The van der Waals surface area contributed by atoms with Crippen LogP contribution in [-0.2, 0) is 29.4 Å². The zero-order valence-corrected chi connectivity index (χ0v) is 16.7.